The van der Waals surface area contributed by atoms with E-state index in [1.54, 1.807) is 0 Å². The lowest BCUT2D eigenvalue weighted by molar-refractivity contribution is 0.272. The van der Waals surface area contributed by atoms with E-state index in [9.17, 15) is 0 Å². The fraction of sp³-hybridized carbons (Fsp3) is 0.667. The van der Waals surface area contributed by atoms with Crippen molar-refractivity contribution in [1.29, 1.82) is 0 Å². The number of aliphatic hydroxyl groups is 1. The summed E-state index contributed by atoms with van der Waals surface area (Å²) in [5, 5.41) is 12.2. The van der Waals surface area contributed by atoms with E-state index in [2.05, 4.69) is 38.2 Å². The summed E-state index contributed by atoms with van der Waals surface area (Å²) in [6, 6.07) is 4.44. The standard InChI is InChI=1S/C18H31NO2/c1-4-9-19-14-17-12-15(2)18(16(3)13-17)21-11-8-6-5-7-10-20/h12-13,19-20H,4-11,14H2,1-3H3. The molecular formula is C18H31NO2. The molecule has 0 heterocycles. The molecule has 0 radical (unpaired) electrons. The number of ether oxygens (including phenoxy) is 1. The van der Waals surface area contributed by atoms with Gasteiger partial charge in [-0.15, -0.1) is 0 Å². The normalized spacial score (nSPS) is 10.9. The van der Waals surface area contributed by atoms with Gasteiger partial charge in [-0.25, -0.2) is 0 Å². The average molecular weight is 293 g/mol. The zero-order valence-electron chi connectivity index (χ0n) is 13.9. The fourth-order valence-electron chi connectivity index (χ4n) is 2.52. The molecule has 0 atom stereocenters. The lowest BCUT2D eigenvalue weighted by Crippen LogP contribution is -2.14. The molecule has 120 valence electrons. The van der Waals surface area contributed by atoms with Crippen LogP contribution in [0.1, 0.15) is 55.7 Å². The van der Waals surface area contributed by atoms with Crippen LogP contribution in [0.3, 0.4) is 0 Å². The van der Waals surface area contributed by atoms with E-state index in [-0.39, 0.29) is 0 Å². The molecule has 0 aliphatic rings. The topological polar surface area (TPSA) is 41.5 Å². The largest absolute Gasteiger partial charge is 0.493 e. The van der Waals surface area contributed by atoms with Gasteiger partial charge in [0.1, 0.15) is 5.75 Å². The number of rotatable bonds is 11. The number of hydrogen-bond acceptors (Lipinski definition) is 3. The van der Waals surface area contributed by atoms with Gasteiger partial charge in [-0.2, -0.15) is 0 Å². The van der Waals surface area contributed by atoms with Crippen molar-refractivity contribution in [3.05, 3.63) is 28.8 Å². The number of unbranched alkanes of at least 4 members (excludes halogenated alkanes) is 3. The third-order valence-electron chi connectivity index (χ3n) is 3.57. The van der Waals surface area contributed by atoms with Gasteiger partial charge in [0.05, 0.1) is 6.61 Å². The summed E-state index contributed by atoms with van der Waals surface area (Å²) in [6.07, 6.45) is 5.32. The van der Waals surface area contributed by atoms with Crippen LogP contribution in [-0.4, -0.2) is 24.9 Å². The van der Waals surface area contributed by atoms with E-state index in [4.69, 9.17) is 9.84 Å². The smallest absolute Gasteiger partial charge is 0.125 e. The number of nitrogens with one attached hydrogen (secondary N) is 1. The third kappa shape index (κ3) is 6.96. The summed E-state index contributed by atoms with van der Waals surface area (Å²) in [7, 11) is 0. The molecule has 21 heavy (non-hydrogen) atoms. The summed E-state index contributed by atoms with van der Waals surface area (Å²) >= 11 is 0. The van der Waals surface area contributed by atoms with Crippen molar-refractivity contribution in [2.45, 2.75) is 59.4 Å². The highest BCUT2D eigenvalue weighted by atomic mass is 16.5. The molecule has 0 aliphatic carbocycles. The molecule has 0 spiro atoms. The minimum Gasteiger partial charge on any atom is -0.493 e. The molecule has 0 saturated heterocycles. The maximum absolute atomic E-state index is 8.74. The summed E-state index contributed by atoms with van der Waals surface area (Å²) in [4.78, 5) is 0. The molecule has 0 amide bonds. The first kappa shape index (κ1) is 18.0. The van der Waals surface area contributed by atoms with Gasteiger partial charge < -0.3 is 15.2 Å². The van der Waals surface area contributed by atoms with Crippen LogP contribution >= 0.6 is 0 Å². The third-order valence-corrected chi connectivity index (χ3v) is 3.57. The highest BCUT2D eigenvalue weighted by molar-refractivity contribution is 5.43. The first-order valence-electron chi connectivity index (χ1n) is 8.23. The van der Waals surface area contributed by atoms with Crippen molar-refractivity contribution in [3.63, 3.8) is 0 Å². The van der Waals surface area contributed by atoms with Gasteiger partial charge in [-0.1, -0.05) is 25.5 Å². The average Bonchev–Trinajstić information content (AvgIpc) is 2.45. The molecule has 0 aliphatic heterocycles. The Balaban J connectivity index is 2.43. The van der Waals surface area contributed by atoms with Gasteiger partial charge in [-0.05, 0) is 62.8 Å². The first-order chi connectivity index (χ1) is 10.2. The molecule has 0 fully saturated rings. The molecule has 3 heteroatoms. The lowest BCUT2D eigenvalue weighted by Gasteiger charge is -2.14. The fourth-order valence-corrected chi connectivity index (χ4v) is 2.52. The Hall–Kier alpha value is -1.06. The molecule has 2 N–H and O–H groups in total. The van der Waals surface area contributed by atoms with Crippen molar-refractivity contribution >= 4 is 0 Å². The van der Waals surface area contributed by atoms with Gasteiger partial charge in [-0.3, -0.25) is 0 Å². The molecule has 3 nitrogen and oxygen atoms in total. The number of aliphatic hydroxyl groups excluding tert-OH is 1. The molecule has 0 saturated carbocycles. The van der Waals surface area contributed by atoms with Crippen molar-refractivity contribution in [2.75, 3.05) is 19.8 Å². The Morgan fingerprint density at radius 3 is 2.33 bits per heavy atom. The number of aryl methyl sites for hydroxylation is 2. The summed E-state index contributed by atoms with van der Waals surface area (Å²) < 4.78 is 5.95. The van der Waals surface area contributed by atoms with Crippen LogP contribution in [0.2, 0.25) is 0 Å². The second-order valence-electron chi connectivity index (χ2n) is 5.72. The van der Waals surface area contributed by atoms with Crippen molar-refractivity contribution in [2.24, 2.45) is 0 Å². The Kier molecular flexibility index (Phi) is 9.11. The van der Waals surface area contributed by atoms with E-state index >= 15 is 0 Å². The summed E-state index contributed by atoms with van der Waals surface area (Å²) in [5.41, 5.74) is 3.77. The van der Waals surface area contributed by atoms with Crippen LogP contribution in [-0.2, 0) is 6.54 Å². The Bertz CT molecular complexity index is 381. The quantitative estimate of drug-likeness (QED) is 0.611. The van der Waals surface area contributed by atoms with Crippen LogP contribution < -0.4 is 10.1 Å². The van der Waals surface area contributed by atoms with Crippen LogP contribution in [0.5, 0.6) is 5.75 Å². The predicted molar refractivity (Wildman–Crippen MR) is 89.0 cm³/mol. The number of hydrogen-bond donors (Lipinski definition) is 2. The van der Waals surface area contributed by atoms with Gasteiger partial charge in [0.15, 0.2) is 0 Å². The van der Waals surface area contributed by atoms with E-state index in [0.29, 0.717) is 6.61 Å². The molecule has 1 rings (SSSR count). The molecule has 1 aromatic carbocycles. The molecule has 0 bridgehead atoms. The van der Waals surface area contributed by atoms with E-state index in [1.807, 2.05) is 0 Å². The Morgan fingerprint density at radius 1 is 1.05 bits per heavy atom. The monoisotopic (exact) mass is 293 g/mol. The van der Waals surface area contributed by atoms with Gasteiger partial charge in [0.25, 0.3) is 0 Å². The highest BCUT2D eigenvalue weighted by Gasteiger charge is 2.06. The second-order valence-corrected chi connectivity index (χ2v) is 5.72. The van der Waals surface area contributed by atoms with Crippen LogP contribution in [0.25, 0.3) is 0 Å². The predicted octanol–water partition coefficient (Wildman–Crippen LogP) is 3.73. The Morgan fingerprint density at radius 2 is 1.71 bits per heavy atom. The highest BCUT2D eigenvalue weighted by Crippen LogP contribution is 2.25. The SMILES string of the molecule is CCCNCc1cc(C)c(OCCCCCCO)c(C)c1. The summed E-state index contributed by atoms with van der Waals surface area (Å²) in [6.45, 7) is 9.48. The first-order valence-corrected chi connectivity index (χ1v) is 8.23. The van der Waals surface area contributed by atoms with E-state index in [0.717, 1.165) is 57.6 Å². The zero-order chi connectivity index (χ0) is 15.5. The Labute approximate surface area is 129 Å². The van der Waals surface area contributed by atoms with Gasteiger partial charge >= 0.3 is 0 Å². The van der Waals surface area contributed by atoms with Crippen molar-refractivity contribution < 1.29 is 9.84 Å². The maximum Gasteiger partial charge on any atom is 0.125 e. The maximum atomic E-state index is 8.74. The molecular weight excluding hydrogens is 262 g/mol. The lowest BCUT2D eigenvalue weighted by atomic mass is 10.1. The van der Waals surface area contributed by atoms with Crippen LogP contribution in [0.15, 0.2) is 12.1 Å². The van der Waals surface area contributed by atoms with Crippen molar-refractivity contribution in [3.8, 4) is 5.75 Å². The van der Waals surface area contributed by atoms with Gasteiger partial charge in [0, 0.05) is 13.2 Å². The minimum absolute atomic E-state index is 0.298. The van der Waals surface area contributed by atoms with Crippen molar-refractivity contribution in [1.82, 2.24) is 5.32 Å². The molecule has 0 unspecified atom stereocenters. The molecule has 0 aromatic heterocycles. The summed E-state index contributed by atoms with van der Waals surface area (Å²) in [5.74, 6) is 1.04. The second kappa shape index (κ2) is 10.6. The van der Waals surface area contributed by atoms with Crippen LogP contribution in [0.4, 0.5) is 0 Å². The van der Waals surface area contributed by atoms with Crippen LogP contribution in [0, 0.1) is 13.8 Å². The number of benzene rings is 1. The van der Waals surface area contributed by atoms with E-state index in [1.165, 1.54) is 16.7 Å². The zero-order valence-corrected chi connectivity index (χ0v) is 13.9. The minimum atomic E-state index is 0.298. The van der Waals surface area contributed by atoms with Gasteiger partial charge in [0.2, 0.25) is 0 Å². The van der Waals surface area contributed by atoms with E-state index < -0.39 is 0 Å². The molecule has 1 aromatic rings.